The van der Waals surface area contributed by atoms with Gasteiger partial charge < -0.3 is 4.98 Å². The lowest BCUT2D eigenvalue weighted by atomic mass is 10.5. The minimum Gasteiger partial charge on any atom is -0.329 e. The molecule has 0 atom stereocenters. The van der Waals surface area contributed by atoms with Gasteiger partial charge in [-0.25, -0.2) is 0 Å². The van der Waals surface area contributed by atoms with Gasteiger partial charge in [0.05, 0.1) is 0 Å². The fourth-order valence-corrected chi connectivity index (χ4v) is 0.377. The van der Waals surface area contributed by atoms with Gasteiger partial charge in [-0.3, -0.25) is 4.79 Å². The first-order valence-corrected chi connectivity index (χ1v) is 2.03. The summed E-state index contributed by atoms with van der Waals surface area (Å²) in [5, 5.41) is 0. The Morgan fingerprint density at radius 2 is 2.29 bits per heavy atom. The van der Waals surface area contributed by atoms with Crippen LogP contribution in [0.15, 0.2) is 29.2 Å². The van der Waals surface area contributed by atoms with E-state index in [9.17, 15) is 4.79 Å². The molecule has 1 aromatic heterocycles. The average molecular weight is 97.1 g/mol. The van der Waals surface area contributed by atoms with Crippen LogP contribution in [-0.2, 0) is 0 Å². The normalized spacial score (nSPS) is 8.57. The van der Waals surface area contributed by atoms with Crippen molar-refractivity contribution in [2.24, 2.45) is 0 Å². The highest BCUT2D eigenvalue weighted by Crippen LogP contribution is 1.67. The number of nitrogens with one attached hydrogen (secondary N) is 1. The van der Waals surface area contributed by atoms with Crippen molar-refractivity contribution in [1.82, 2.24) is 4.98 Å². The minimum absolute atomic E-state index is 0.0532. The topological polar surface area (TPSA) is 32.9 Å². The predicted octanol–water partition coefficient (Wildman–Crippen LogP) is 0.375. The molecule has 0 unspecified atom stereocenters. The summed E-state index contributed by atoms with van der Waals surface area (Å²) in [5.74, 6) is 0. The van der Waals surface area contributed by atoms with Gasteiger partial charge in [-0.05, 0) is 6.07 Å². The van der Waals surface area contributed by atoms with E-state index in [1.165, 1.54) is 6.07 Å². The van der Waals surface area contributed by atoms with Crippen LogP contribution in [0.3, 0.4) is 0 Å². The largest absolute Gasteiger partial charge is 0.329 e. The third kappa shape index (κ3) is 0.892. The lowest BCUT2D eigenvalue weighted by molar-refractivity contribution is 1.24. The van der Waals surface area contributed by atoms with Gasteiger partial charge in [-0.1, -0.05) is 6.07 Å². The van der Waals surface area contributed by atoms with Gasteiger partial charge in [0.15, 0.2) is 0 Å². The molecule has 1 heterocycles. The highest BCUT2D eigenvalue weighted by Gasteiger charge is 1.69. The molecule has 1 N–H and O–H groups in total. The Morgan fingerprint density at radius 1 is 1.43 bits per heavy atom. The van der Waals surface area contributed by atoms with E-state index in [4.69, 9.17) is 0 Å². The number of hydrogen-bond acceptors (Lipinski definition) is 1. The Labute approximate surface area is 40.8 Å². The second kappa shape index (κ2) is 1.60. The molecule has 0 fully saturated rings. The van der Waals surface area contributed by atoms with E-state index in [2.05, 4.69) is 4.98 Å². The zero-order chi connectivity index (χ0) is 5.11. The maximum Gasteiger partial charge on any atom is 0.247 e. The van der Waals surface area contributed by atoms with Crippen molar-refractivity contribution >= 4 is 0 Å². The molecule has 1 aromatic rings. The first-order valence-electron chi connectivity index (χ1n) is 2.03. The second-order valence-electron chi connectivity index (χ2n) is 1.23. The van der Waals surface area contributed by atoms with E-state index in [0.717, 1.165) is 0 Å². The van der Waals surface area contributed by atoms with E-state index in [-0.39, 0.29) is 5.56 Å². The number of aromatic amines is 1. The van der Waals surface area contributed by atoms with Gasteiger partial charge in [0, 0.05) is 12.3 Å². The molecule has 0 saturated heterocycles. The molecule has 0 amide bonds. The summed E-state index contributed by atoms with van der Waals surface area (Å²) in [4.78, 5) is 12.7. The minimum atomic E-state index is -0.0532. The summed E-state index contributed by atoms with van der Waals surface area (Å²) in [7, 11) is 0. The second-order valence-corrected chi connectivity index (χ2v) is 1.23. The van der Waals surface area contributed by atoms with E-state index in [1.807, 2.05) is 0 Å². The van der Waals surface area contributed by atoms with Gasteiger partial charge in [-0.2, -0.15) is 0 Å². The van der Waals surface area contributed by atoms with Gasteiger partial charge in [0.2, 0.25) is 5.56 Å². The van der Waals surface area contributed by atoms with Crippen LogP contribution < -0.4 is 5.56 Å². The molecule has 7 heavy (non-hydrogen) atoms. The SMILES string of the molecule is [18O]=c1cccc[nH]1. The number of aromatic nitrogens is 1. The summed E-state index contributed by atoms with van der Waals surface area (Å²) in [6.45, 7) is 0. The third-order valence-corrected chi connectivity index (χ3v) is 0.681. The van der Waals surface area contributed by atoms with Crippen molar-refractivity contribution in [3.8, 4) is 0 Å². The number of pyridine rings is 1. The summed E-state index contributed by atoms with van der Waals surface area (Å²) in [6.07, 6.45) is 1.60. The zero-order valence-electron chi connectivity index (χ0n) is 3.72. The zero-order valence-corrected chi connectivity index (χ0v) is 3.72. The lowest BCUT2D eigenvalue weighted by Crippen LogP contribution is -1.98. The standard InChI is InChI=1S/C5H5NO/c7-5-3-1-2-4-6-5/h1-4H,(H,6,7)/i7+2. The van der Waals surface area contributed by atoms with Crippen LogP contribution >= 0.6 is 0 Å². The van der Waals surface area contributed by atoms with Crippen LogP contribution in [0.25, 0.3) is 0 Å². The van der Waals surface area contributed by atoms with E-state index in [0.29, 0.717) is 0 Å². The molecule has 0 radical (unpaired) electrons. The van der Waals surface area contributed by atoms with E-state index in [1.54, 1.807) is 18.3 Å². The van der Waals surface area contributed by atoms with Gasteiger partial charge >= 0.3 is 0 Å². The predicted molar refractivity (Wildman–Crippen MR) is 27.1 cm³/mol. The van der Waals surface area contributed by atoms with Gasteiger partial charge in [0.25, 0.3) is 0 Å². The summed E-state index contributed by atoms with van der Waals surface area (Å²) >= 11 is 0. The molecule has 0 aliphatic heterocycles. The van der Waals surface area contributed by atoms with Crippen LogP contribution in [0.5, 0.6) is 0 Å². The first-order chi connectivity index (χ1) is 3.39. The van der Waals surface area contributed by atoms with Crippen LogP contribution in [0.4, 0.5) is 0 Å². The maximum atomic E-state index is 10.2. The summed E-state index contributed by atoms with van der Waals surface area (Å²) < 4.78 is 0. The first kappa shape index (κ1) is 4.12. The van der Waals surface area contributed by atoms with Crippen molar-refractivity contribution in [2.75, 3.05) is 0 Å². The molecular weight excluding hydrogens is 92.1 g/mol. The Kier molecular flexibility index (Phi) is 0.941. The van der Waals surface area contributed by atoms with Gasteiger partial charge in [0.1, 0.15) is 0 Å². The fourth-order valence-electron chi connectivity index (χ4n) is 0.377. The molecule has 0 saturated carbocycles. The molecule has 0 aromatic carbocycles. The molecule has 0 aliphatic carbocycles. The van der Waals surface area contributed by atoms with Crippen LogP contribution in [0.2, 0.25) is 0 Å². The highest BCUT2D eigenvalue weighted by atomic mass is 18.1. The Bertz CT molecular complexity index is 174. The number of rotatable bonds is 0. The van der Waals surface area contributed by atoms with E-state index < -0.39 is 0 Å². The monoisotopic (exact) mass is 97.0 g/mol. The van der Waals surface area contributed by atoms with Crippen molar-refractivity contribution in [3.05, 3.63) is 34.7 Å². The molecule has 0 aliphatic rings. The van der Waals surface area contributed by atoms with Gasteiger partial charge in [-0.15, -0.1) is 0 Å². The number of hydrogen-bond donors (Lipinski definition) is 1. The Balaban J connectivity index is 3.28. The van der Waals surface area contributed by atoms with Crippen molar-refractivity contribution < 1.29 is 0 Å². The van der Waals surface area contributed by atoms with Crippen LogP contribution in [0.1, 0.15) is 0 Å². The quantitative estimate of drug-likeness (QED) is 0.466. The fraction of sp³-hybridized carbons (Fsp3) is 0. The third-order valence-electron chi connectivity index (χ3n) is 0.681. The van der Waals surface area contributed by atoms with Crippen molar-refractivity contribution in [3.63, 3.8) is 0 Å². The molecular formula is C5H5NO. The average Bonchev–Trinajstić information content (AvgIpc) is 1.69. The highest BCUT2D eigenvalue weighted by molar-refractivity contribution is 4.89. The summed E-state index contributed by atoms with van der Waals surface area (Å²) in [6, 6.07) is 4.93. The molecule has 0 spiro atoms. The number of H-pyrrole nitrogens is 1. The molecule has 1 rings (SSSR count). The van der Waals surface area contributed by atoms with E-state index >= 15 is 0 Å². The van der Waals surface area contributed by atoms with Crippen LogP contribution in [0, 0.1) is 0 Å². The Morgan fingerprint density at radius 3 is 2.57 bits per heavy atom. The van der Waals surface area contributed by atoms with Crippen molar-refractivity contribution in [2.45, 2.75) is 0 Å². The maximum absolute atomic E-state index is 10.2. The molecule has 2 heteroatoms. The van der Waals surface area contributed by atoms with Crippen molar-refractivity contribution in [1.29, 1.82) is 0 Å². The summed E-state index contributed by atoms with van der Waals surface area (Å²) in [5.41, 5.74) is -0.0532. The van der Waals surface area contributed by atoms with Crippen LogP contribution in [-0.4, -0.2) is 4.98 Å². The Hall–Kier alpha value is -1.05. The smallest absolute Gasteiger partial charge is 0.247 e. The molecule has 0 bridgehead atoms. The molecule has 2 nitrogen and oxygen atoms in total. The lowest BCUT2D eigenvalue weighted by Gasteiger charge is -1.73. The molecule has 36 valence electrons.